The number of hydrogen-bond acceptors (Lipinski definition) is 16. The maximum atomic E-state index is 13.6. The molecule has 0 aliphatic heterocycles. The first-order valence-electron chi connectivity index (χ1n) is 20.3. The number of aromatic nitrogens is 4. The van der Waals surface area contributed by atoms with Gasteiger partial charge in [-0.05, 0) is 44.6 Å². The van der Waals surface area contributed by atoms with Crippen LogP contribution in [0.4, 0.5) is 5.95 Å². The van der Waals surface area contributed by atoms with E-state index >= 15 is 0 Å². The highest BCUT2D eigenvalue weighted by Crippen LogP contribution is 2.23. The number of aromatic amines is 1. The number of hydrogen-bond donors (Lipinski definition) is 9. The van der Waals surface area contributed by atoms with Crippen LogP contribution in [0.1, 0.15) is 79.9 Å². The van der Waals surface area contributed by atoms with E-state index in [1.165, 1.54) is 27.8 Å². The summed E-state index contributed by atoms with van der Waals surface area (Å²) in [5.74, 6) is -11.9. The normalized spacial score (nSPS) is 13.4. The number of anilines is 1. The van der Waals surface area contributed by atoms with Crippen molar-refractivity contribution in [1.82, 2.24) is 30.6 Å². The molecular formula is C41H52N10O12S2. The molecule has 0 aliphatic carbocycles. The van der Waals surface area contributed by atoms with Crippen LogP contribution in [0, 0.1) is 24.7 Å². The average Bonchev–Trinajstić information content (AvgIpc) is 3.24. The zero-order chi connectivity index (χ0) is 48.2. The SMILES string of the molecule is [CH][C@H](CC(=O)CC[C@H](CC(=O)c1ccc(CCc2cnc3nc(N)[nH]c(=O)c3n2)cc1)C(=O)O)C(=O)N[C@@H](CCCN=C(N)N)C(=O)C[C@@H](CC(=O)O)C(=O)N[C@@H](CSSCC)C(=O)O. The second-order valence-corrected chi connectivity index (χ2v) is 17.6. The fourth-order valence-electron chi connectivity index (χ4n) is 6.26. The lowest BCUT2D eigenvalue weighted by Gasteiger charge is -2.23. The number of carboxylic acids is 3. The molecular weight excluding hydrogens is 889 g/mol. The van der Waals surface area contributed by atoms with Crippen molar-refractivity contribution < 1.29 is 53.7 Å². The molecule has 0 aliphatic rings. The Morgan fingerprint density at radius 2 is 1.54 bits per heavy atom. The maximum Gasteiger partial charge on any atom is 0.327 e. The van der Waals surface area contributed by atoms with Crippen molar-refractivity contribution in [3.8, 4) is 0 Å². The summed E-state index contributed by atoms with van der Waals surface area (Å²) in [6.45, 7) is 7.91. The molecule has 2 heterocycles. The number of aliphatic carboxylic acids is 3. The number of amides is 2. The van der Waals surface area contributed by atoms with Crippen LogP contribution < -0.4 is 33.4 Å². The van der Waals surface area contributed by atoms with Gasteiger partial charge < -0.3 is 43.2 Å². The van der Waals surface area contributed by atoms with Gasteiger partial charge in [-0.3, -0.25) is 48.3 Å². The summed E-state index contributed by atoms with van der Waals surface area (Å²) in [7, 11) is 2.54. The molecule has 0 spiro atoms. The van der Waals surface area contributed by atoms with Crippen LogP contribution in [0.5, 0.6) is 0 Å². The lowest BCUT2D eigenvalue weighted by molar-refractivity contribution is -0.144. The first kappa shape index (κ1) is 52.9. The Hall–Kier alpha value is -6.43. The third kappa shape index (κ3) is 18.3. The lowest BCUT2D eigenvalue weighted by atomic mass is 9.90. The second kappa shape index (κ2) is 26.4. The van der Waals surface area contributed by atoms with E-state index in [4.69, 9.17) is 24.1 Å². The van der Waals surface area contributed by atoms with Crippen molar-refractivity contribution in [1.29, 1.82) is 0 Å². The summed E-state index contributed by atoms with van der Waals surface area (Å²) in [5, 5.41) is 33.7. The number of benzene rings is 1. The predicted octanol–water partition coefficient (Wildman–Crippen LogP) is 0.980. The minimum atomic E-state index is -1.51. The molecule has 0 saturated carbocycles. The first-order chi connectivity index (χ1) is 30.8. The van der Waals surface area contributed by atoms with Gasteiger partial charge in [0.05, 0.1) is 36.2 Å². The van der Waals surface area contributed by atoms with Crippen LogP contribution in [0.2, 0.25) is 0 Å². The fourth-order valence-corrected chi connectivity index (χ4v) is 8.09. The number of nitrogens with zero attached hydrogens (tertiary/aromatic N) is 4. The van der Waals surface area contributed by atoms with Gasteiger partial charge in [0.2, 0.25) is 17.8 Å². The number of rotatable bonds is 30. The number of nitrogen functional groups attached to an aromatic ring is 1. The van der Waals surface area contributed by atoms with E-state index in [1.807, 2.05) is 6.92 Å². The smallest absolute Gasteiger partial charge is 0.327 e. The van der Waals surface area contributed by atoms with E-state index in [0.717, 1.165) is 5.56 Å². The van der Waals surface area contributed by atoms with Crippen LogP contribution in [0.25, 0.3) is 11.2 Å². The Balaban J connectivity index is 1.58. The number of carboxylic acid groups (broad SMARTS) is 3. The van der Waals surface area contributed by atoms with E-state index < -0.39 is 108 Å². The highest BCUT2D eigenvalue weighted by Gasteiger charge is 2.33. The van der Waals surface area contributed by atoms with Gasteiger partial charge >= 0.3 is 17.9 Å². The minimum absolute atomic E-state index is 0.0287. The molecule has 12 N–H and O–H groups in total. The molecule has 2 aromatic heterocycles. The molecule has 22 nitrogen and oxygen atoms in total. The fraction of sp³-hybridized carbons (Fsp3) is 0.463. The third-order valence-electron chi connectivity index (χ3n) is 9.71. The van der Waals surface area contributed by atoms with Gasteiger partial charge in [-0.25, -0.2) is 14.8 Å². The van der Waals surface area contributed by atoms with Gasteiger partial charge in [-0.15, -0.1) is 0 Å². The first-order valence-corrected chi connectivity index (χ1v) is 22.8. The highest BCUT2D eigenvalue weighted by molar-refractivity contribution is 8.76. The van der Waals surface area contributed by atoms with Crippen LogP contribution >= 0.6 is 21.6 Å². The Morgan fingerprint density at radius 1 is 0.846 bits per heavy atom. The van der Waals surface area contributed by atoms with Crippen LogP contribution in [-0.4, -0.2) is 118 Å². The van der Waals surface area contributed by atoms with Gasteiger partial charge in [-0.1, -0.05) is 52.8 Å². The molecule has 5 atom stereocenters. The number of ketones is 3. The molecule has 2 amide bonds. The number of fused-ring (bicyclic) bond motifs is 1. The van der Waals surface area contributed by atoms with Crippen LogP contribution in [-0.2, 0) is 46.4 Å². The molecule has 2 radical (unpaired) electrons. The van der Waals surface area contributed by atoms with Gasteiger partial charge in [0.1, 0.15) is 11.8 Å². The molecule has 0 unspecified atom stereocenters. The van der Waals surface area contributed by atoms with Gasteiger partial charge in [0, 0.05) is 55.2 Å². The Morgan fingerprint density at radius 3 is 2.17 bits per heavy atom. The minimum Gasteiger partial charge on any atom is -0.481 e. The van der Waals surface area contributed by atoms with Crippen LogP contribution in [0.15, 0.2) is 40.2 Å². The summed E-state index contributed by atoms with van der Waals surface area (Å²) < 4.78 is 0. The highest BCUT2D eigenvalue weighted by atomic mass is 33.1. The molecule has 3 rings (SSSR count). The molecule has 24 heteroatoms. The molecule has 350 valence electrons. The van der Waals surface area contributed by atoms with Gasteiger partial charge in [-0.2, -0.15) is 4.98 Å². The number of guanidine groups is 1. The van der Waals surface area contributed by atoms with Gasteiger partial charge in [0.15, 0.2) is 28.7 Å². The zero-order valence-electron chi connectivity index (χ0n) is 35.4. The number of nitrogens with one attached hydrogen (secondary N) is 3. The number of aliphatic imine (C=N–C) groups is 1. The van der Waals surface area contributed by atoms with E-state index in [2.05, 4.69) is 35.6 Å². The van der Waals surface area contributed by atoms with E-state index in [9.17, 15) is 58.5 Å². The van der Waals surface area contributed by atoms with Crippen molar-refractivity contribution in [2.24, 2.45) is 34.2 Å². The third-order valence-corrected chi connectivity index (χ3v) is 12.2. The Kier molecular flexibility index (Phi) is 21.5. The number of Topliss-reactive ketones (excluding diaryl/α,β-unsaturated/α-hetero) is 3. The number of carbonyl (C=O) groups excluding carboxylic acids is 5. The van der Waals surface area contributed by atoms with E-state index in [0.29, 0.717) is 24.3 Å². The second-order valence-electron chi connectivity index (χ2n) is 14.8. The zero-order valence-corrected chi connectivity index (χ0v) is 37.0. The monoisotopic (exact) mass is 940 g/mol. The number of H-pyrrole nitrogens is 1. The summed E-state index contributed by atoms with van der Waals surface area (Å²) in [4.78, 5) is 132. The lowest BCUT2D eigenvalue weighted by Crippen LogP contribution is -2.48. The largest absolute Gasteiger partial charge is 0.481 e. The summed E-state index contributed by atoms with van der Waals surface area (Å²) in [6, 6.07) is 3.76. The number of aryl methyl sites for hydroxylation is 2. The standard InChI is InChI=1S/C41H52N10O12S2/c1-3-64-65-20-29(39(62)63)49-36(58)25(18-32(55)56)17-31(54)28(5-4-14-45-40(42)43)48-35(57)21(2)15-27(52)13-11-24(38(60)61)16-30(53)23-9-6-22(7-10-23)8-12-26-19-46-34-33(47-26)37(59)51-41(44)50-34/h2,6-7,9-10,19,21,24-25,28-29H,3-5,8,11-18,20H2,1H3,(H,48,57)(H,49,58)(H,55,56)(H,60,61)(H,62,63)(H4,42,43,45)(H3,44,46,50,51,59)/t21-,24-,25+,28+,29+/m1/s1. The van der Waals surface area contributed by atoms with Crippen LogP contribution in [0.3, 0.4) is 0 Å². The van der Waals surface area contributed by atoms with Crippen molar-refractivity contribution in [2.45, 2.75) is 83.2 Å². The molecule has 65 heavy (non-hydrogen) atoms. The average molecular weight is 941 g/mol. The molecule has 0 saturated heterocycles. The summed E-state index contributed by atoms with van der Waals surface area (Å²) in [5.41, 5.74) is 17.5. The molecule has 3 aromatic rings. The van der Waals surface area contributed by atoms with E-state index in [1.54, 1.807) is 24.3 Å². The molecule has 0 fully saturated rings. The quantitative estimate of drug-likeness (QED) is 0.0148. The molecule has 1 aromatic carbocycles. The molecule has 0 bridgehead atoms. The van der Waals surface area contributed by atoms with Crippen molar-refractivity contribution in [3.63, 3.8) is 0 Å². The van der Waals surface area contributed by atoms with Crippen molar-refractivity contribution >= 4 is 91.7 Å². The number of carbonyl (C=O) groups is 8. The topological polar surface area (TPSA) is 383 Å². The number of nitrogens with two attached hydrogens (primary N) is 3. The summed E-state index contributed by atoms with van der Waals surface area (Å²) in [6.07, 6.45) is -0.719. The van der Waals surface area contributed by atoms with Crippen molar-refractivity contribution in [3.05, 3.63) is 64.6 Å². The van der Waals surface area contributed by atoms with Crippen molar-refractivity contribution in [2.75, 3.05) is 23.8 Å². The predicted molar refractivity (Wildman–Crippen MR) is 240 cm³/mol. The Bertz CT molecular complexity index is 2290. The maximum absolute atomic E-state index is 13.6. The van der Waals surface area contributed by atoms with E-state index in [-0.39, 0.29) is 66.6 Å². The Labute approximate surface area is 380 Å². The summed E-state index contributed by atoms with van der Waals surface area (Å²) >= 11 is 0. The van der Waals surface area contributed by atoms with Gasteiger partial charge in [0.25, 0.3) is 5.56 Å².